The number of rotatable bonds is 5. The Kier molecular flexibility index (Phi) is 4.35. The van der Waals surface area contributed by atoms with Crippen LogP contribution in [0, 0.1) is 0 Å². The highest BCUT2D eigenvalue weighted by Gasteiger charge is 2.21. The number of methoxy groups -OCH3 is 1. The van der Waals surface area contributed by atoms with E-state index in [4.69, 9.17) is 4.74 Å². The van der Waals surface area contributed by atoms with Gasteiger partial charge in [-0.05, 0) is 37.0 Å². The lowest BCUT2D eigenvalue weighted by atomic mass is 10.1. The van der Waals surface area contributed by atoms with Crippen molar-refractivity contribution in [3.63, 3.8) is 0 Å². The van der Waals surface area contributed by atoms with E-state index in [1.54, 1.807) is 25.8 Å². The zero-order valence-corrected chi connectivity index (χ0v) is 14.5. The molecule has 1 aliphatic carbocycles. The predicted molar refractivity (Wildman–Crippen MR) is 95.3 cm³/mol. The molecule has 1 N–H and O–H groups in total. The number of fused-ring (bicyclic) bond motifs is 1. The minimum atomic E-state index is -0.204. The van der Waals surface area contributed by atoms with Gasteiger partial charge in [0.25, 0.3) is 5.91 Å². The lowest BCUT2D eigenvalue weighted by molar-refractivity contribution is 0.0947. The Hall–Kier alpha value is -3.22. The maximum atomic E-state index is 12.7. The van der Waals surface area contributed by atoms with Gasteiger partial charge in [0, 0.05) is 36.4 Å². The van der Waals surface area contributed by atoms with E-state index in [2.05, 4.69) is 20.3 Å². The standard InChI is InChI=1S/C19H19N5O2/c1-26-19-15(10-13-4-2-6-16(13)23-19)18(25)22-11-14-5-3-7-21-17(14)24-9-8-20-12-24/h3,5,7-10,12H,2,4,6,11H2,1H3,(H,22,25). The maximum Gasteiger partial charge on any atom is 0.257 e. The van der Waals surface area contributed by atoms with Crippen molar-refractivity contribution in [1.82, 2.24) is 24.8 Å². The van der Waals surface area contributed by atoms with Gasteiger partial charge in [-0.3, -0.25) is 9.36 Å². The second-order valence-corrected chi connectivity index (χ2v) is 6.14. The molecule has 0 saturated heterocycles. The Morgan fingerprint density at radius 1 is 1.35 bits per heavy atom. The van der Waals surface area contributed by atoms with Crippen LogP contribution in [0.5, 0.6) is 5.88 Å². The third kappa shape index (κ3) is 3.03. The van der Waals surface area contributed by atoms with Crippen molar-refractivity contribution in [3.8, 4) is 11.7 Å². The number of nitrogens with one attached hydrogen (secondary N) is 1. The van der Waals surface area contributed by atoms with Gasteiger partial charge in [-0.1, -0.05) is 6.07 Å². The SMILES string of the molecule is COc1nc2c(cc1C(=O)NCc1cccnc1-n1ccnc1)CCC2. The van der Waals surface area contributed by atoms with E-state index in [0.29, 0.717) is 18.0 Å². The number of carbonyl (C=O) groups excluding carboxylic acids is 1. The highest BCUT2D eigenvalue weighted by atomic mass is 16.5. The summed E-state index contributed by atoms with van der Waals surface area (Å²) in [5, 5.41) is 2.95. The second-order valence-electron chi connectivity index (χ2n) is 6.14. The first-order chi connectivity index (χ1) is 12.8. The van der Waals surface area contributed by atoms with Gasteiger partial charge in [-0.25, -0.2) is 15.0 Å². The molecule has 0 fully saturated rings. The van der Waals surface area contributed by atoms with Gasteiger partial charge in [-0.2, -0.15) is 0 Å². The predicted octanol–water partition coefficient (Wildman–Crippen LogP) is 2.09. The fraction of sp³-hybridized carbons (Fsp3) is 0.263. The summed E-state index contributed by atoms with van der Waals surface area (Å²) in [6.07, 6.45) is 9.88. The summed E-state index contributed by atoms with van der Waals surface area (Å²) in [6, 6.07) is 5.68. The van der Waals surface area contributed by atoms with Crippen LogP contribution in [-0.2, 0) is 19.4 Å². The second kappa shape index (κ2) is 6.95. The van der Waals surface area contributed by atoms with Gasteiger partial charge < -0.3 is 10.1 Å². The first-order valence-electron chi connectivity index (χ1n) is 8.53. The van der Waals surface area contributed by atoms with Crippen molar-refractivity contribution in [1.29, 1.82) is 0 Å². The number of imidazole rings is 1. The molecule has 7 nitrogen and oxygen atoms in total. The van der Waals surface area contributed by atoms with Gasteiger partial charge >= 0.3 is 0 Å². The van der Waals surface area contributed by atoms with Crippen LogP contribution in [0.2, 0.25) is 0 Å². The van der Waals surface area contributed by atoms with Crippen LogP contribution in [0.3, 0.4) is 0 Å². The van der Waals surface area contributed by atoms with Crippen molar-refractivity contribution >= 4 is 5.91 Å². The van der Waals surface area contributed by atoms with Gasteiger partial charge in [0.1, 0.15) is 17.7 Å². The minimum absolute atomic E-state index is 0.204. The largest absolute Gasteiger partial charge is 0.480 e. The fourth-order valence-corrected chi connectivity index (χ4v) is 3.23. The number of hydrogen-bond donors (Lipinski definition) is 1. The Morgan fingerprint density at radius 2 is 2.27 bits per heavy atom. The molecule has 1 amide bonds. The molecule has 1 aliphatic rings. The van der Waals surface area contributed by atoms with E-state index in [0.717, 1.165) is 41.9 Å². The van der Waals surface area contributed by atoms with Gasteiger partial charge in [0.05, 0.1) is 7.11 Å². The lowest BCUT2D eigenvalue weighted by Gasteiger charge is -2.12. The van der Waals surface area contributed by atoms with E-state index >= 15 is 0 Å². The first kappa shape index (κ1) is 16.3. The van der Waals surface area contributed by atoms with Crippen molar-refractivity contribution in [2.24, 2.45) is 0 Å². The third-order valence-electron chi connectivity index (χ3n) is 4.51. The number of nitrogens with zero attached hydrogens (tertiary/aromatic N) is 4. The molecule has 0 spiro atoms. The zero-order chi connectivity index (χ0) is 17.9. The maximum absolute atomic E-state index is 12.7. The van der Waals surface area contributed by atoms with Gasteiger partial charge in [0.2, 0.25) is 5.88 Å². The smallest absolute Gasteiger partial charge is 0.257 e. The summed E-state index contributed by atoms with van der Waals surface area (Å²) in [5.41, 5.74) is 3.54. The molecule has 26 heavy (non-hydrogen) atoms. The van der Waals surface area contributed by atoms with Crippen molar-refractivity contribution in [2.75, 3.05) is 7.11 Å². The minimum Gasteiger partial charge on any atom is -0.480 e. The summed E-state index contributed by atoms with van der Waals surface area (Å²) in [5.74, 6) is 0.915. The molecule has 7 heteroatoms. The van der Waals surface area contributed by atoms with Gasteiger partial charge in [0.15, 0.2) is 0 Å². The number of hydrogen-bond acceptors (Lipinski definition) is 5. The van der Waals surface area contributed by atoms with Crippen LogP contribution < -0.4 is 10.1 Å². The molecule has 4 rings (SSSR count). The molecule has 132 valence electrons. The van der Waals surface area contributed by atoms with E-state index < -0.39 is 0 Å². The van der Waals surface area contributed by atoms with Crippen molar-refractivity contribution in [3.05, 3.63) is 65.5 Å². The average Bonchev–Trinajstić information content (AvgIpc) is 3.36. The molecule has 0 saturated carbocycles. The van der Waals surface area contributed by atoms with Gasteiger partial charge in [-0.15, -0.1) is 0 Å². The van der Waals surface area contributed by atoms with Crippen molar-refractivity contribution in [2.45, 2.75) is 25.8 Å². The Morgan fingerprint density at radius 3 is 3.08 bits per heavy atom. The molecule has 3 aromatic rings. The van der Waals surface area contributed by atoms with E-state index in [1.165, 1.54) is 0 Å². The summed E-state index contributed by atoms with van der Waals surface area (Å²) >= 11 is 0. The Balaban J connectivity index is 1.56. The molecule has 0 atom stereocenters. The average molecular weight is 349 g/mol. The molecule has 0 unspecified atom stereocenters. The highest BCUT2D eigenvalue weighted by molar-refractivity contribution is 5.96. The molecular weight excluding hydrogens is 330 g/mol. The van der Waals surface area contributed by atoms with Crippen LogP contribution in [0.1, 0.15) is 33.6 Å². The number of aryl methyl sites for hydroxylation is 2. The fourth-order valence-electron chi connectivity index (χ4n) is 3.23. The monoisotopic (exact) mass is 349 g/mol. The molecule has 0 radical (unpaired) electrons. The topological polar surface area (TPSA) is 81.9 Å². The molecule has 0 bridgehead atoms. The number of ether oxygens (including phenoxy) is 1. The van der Waals surface area contributed by atoms with Crippen LogP contribution >= 0.6 is 0 Å². The summed E-state index contributed by atoms with van der Waals surface area (Å²) < 4.78 is 7.15. The molecule has 3 aromatic heterocycles. The van der Waals surface area contributed by atoms with E-state index in [-0.39, 0.29) is 5.91 Å². The molecular formula is C19H19N5O2. The number of pyridine rings is 2. The molecule has 0 aromatic carbocycles. The summed E-state index contributed by atoms with van der Waals surface area (Å²) in [7, 11) is 1.54. The van der Waals surface area contributed by atoms with Crippen molar-refractivity contribution < 1.29 is 9.53 Å². The first-order valence-corrected chi connectivity index (χ1v) is 8.53. The Bertz CT molecular complexity index is 937. The van der Waals surface area contributed by atoms with Crippen LogP contribution in [0.15, 0.2) is 43.1 Å². The lowest BCUT2D eigenvalue weighted by Crippen LogP contribution is -2.25. The summed E-state index contributed by atoms with van der Waals surface area (Å²) in [4.78, 5) is 25.7. The number of amides is 1. The van der Waals surface area contributed by atoms with E-state index in [1.807, 2.05) is 29.0 Å². The third-order valence-corrected chi connectivity index (χ3v) is 4.51. The zero-order valence-electron chi connectivity index (χ0n) is 14.5. The molecule has 0 aliphatic heterocycles. The number of carbonyl (C=O) groups is 1. The van der Waals surface area contributed by atoms with Crippen LogP contribution in [0.25, 0.3) is 5.82 Å². The van der Waals surface area contributed by atoms with E-state index in [9.17, 15) is 4.79 Å². The number of aromatic nitrogens is 4. The highest BCUT2D eigenvalue weighted by Crippen LogP contribution is 2.26. The van der Waals surface area contributed by atoms with Crippen LogP contribution in [0.4, 0.5) is 0 Å². The molecule has 3 heterocycles. The summed E-state index contributed by atoms with van der Waals surface area (Å²) in [6.45, 7) is 0.348. The quantitative estimate of drug-likeness (QED) is 0.763. The van der Waals surface area contributed by atoms with Crippen LogP contribution in [-0.4, -0.2) is 32.5 Å². The Labute approximate surface area is 151 Å². The normalized spacial score (nSPS) is 12.7.